The van der Waals surface area contributed by atoms with Crippen LogP contribution in [0.4, 0.5) is 10.2 Å². The quantitative estimate of drug-likeness (QED) is 0.882. The number of hydrogen-bond donors (Lipinski definition) is 1. The van der Waals surface area contributed by atoms with E-state index in [1.165, 1.54) is 24.6 Å². The van der Waals surface area contributed by atoms with E-state index in [4.69, 9.17) is 0 Å². The first-order valence-corrected chi connectivity index (χ1v) is 9.78. The molecule has 2 aromatic rings. The molecule has 1 fully saturated rings. The van der Waals surface area contributed by atoms with E-state index in [1.54, 1.807) is 0 Å². The highest BCUT2D eigenvalue weighted by Gasteiger charge is 2.19. The molecule has 25 heavy (non-hydrogen) atoms. The predicted molar refractivity (Wildman–Crippen MR) is 93.3 cm³/mol. The molecule has 2 heterocycles. The lowest BCUT2D eigenvalue weighted by atomic mass is 10.1. The smallest absolute Gasteiger partial charge is 0.243 e. The summed E-state index contributed by atoms with van der Waals surface area (Å²) in [5, 5.41) is 0. The van der Waals surface area contributed by atoms with E-state index in [1.807, 2.05) is 13.0 Å². The van der Waals surface area contributed by atoms with Crippen molar-refractivity contribution in [3.63, 3.8) is 0 Å². The van der Waals surface area contributed by atoms with Gasteiger partial charge in [-0.25, -0.2) is 27.5 Å². The average Bonchev–Trinajstić information content (AvgIpc) is 2.61. The lowest BCUT2D eigenvalue weighted by molar-refractivity contribution is 0.554. The number of hydrogen-bond acceptors (Lipinski definition) is 5. The summed E-state index contributed by atoms with van der Waals surface area (Å²) in [4.78, 5) is 10.6. The first kappa shape index (κ1) is 17.8. The molecule has 134 valence electrons. The number of sulfonamides is 1. The first-order valence-electron chi connectivity index (χ1n) is 8.29. The summed E-state index contributed by atoms with van der Waals surface area (Å²) in [6, 6.07) is 7.18. The number of halogens is 1. The topological polar surface area (TPSA) is 75.2 Å². The predicted octanol–water partition coefficient (Wildman–Crippen LogP) is 2.39. The largest absolute Gasteiger partial charge is 0.357 e. The number of nitrogens with one attached hydrogen (secondary N) is 1. The van der Waals surface area contributed by atoms with Crippen molar-refractivity contribution >= 4 is 15.8 Å². The van der Waals surface area contributed by atoms with Crippen molar-refractivity contribution in [1.82, 2.24) is 14.7 Å². The minimum atomic E-state index is -3.96. The summed E-state index contributed by atoms with van der Waals surface area (Å²) in [5.74, 6) is 0.405. The van der Waals surface area contributed by atoms with Crippen molar-refractivity contribution < 1.29 is 12.8 Å². The van der Waals surface area contributed by atoms with Gasteiger partial charge in [-0.2, -0.15) is 0 Å². The number of anilines is 1. The van der Waals surface area contributed by atoms with Gasteiger partial charge < -0.3 is 4.90 Å². The molecular weight excluding hydrogens is 343 g/mol. The summed E-state index contributed by atoms with van der Waals surface area (Å²) in [6.45, 7) is 3.65. The minimum absolute atomic E-state index is 0.0841. The number of aryl methyl sites for hydroxylation is 1. The van der Waals surface area contributed by atoms with E-state index >= 15 is 0 Å². The molecule has 0 saturated carbocycles. The Morgan fingerprint density at radius 1 is 1.16 bits per heavy atom. The van der Waals surface area contributed by atoms with Crippen LogP contribution in [0.25, 0.3) is 0 Å². The summed E-state index contributed by atoms with van der Waals surface area (Å²) >= 11 is 0. The third-order valence-electron chi connectivity index (χ3n) is 4.11. The molecule has 1 aliphatic heterocycles. The van der Waals surface area contributed by atoms with Gasteiger partial charge in [-0.15, -0.1) is 0 Å². The van der Waals surface area contributed by atoms with Crippen molar-refractivity contribution in [3.8, 4) is 0 Å². The van der Waals surface area contributed by atoms with Gasteiger partial charge in [0.1, 0.15) is 22.4 Å². The molecule has 6 nitrogen and oxygen atoms in total. The Kier molecular flexibility index (Phi) is 5.29. The lowest BCUT2D eigenvalue weighted by Crippen LogP contribution is -2.31. The van der Waals surface area contributed by atoms with E-state index in [2.05, 4.69) is 19.6 Å². The van der Waals surface area contributed by atoms with Crippen LogP contribution in [0.2, 0.25) is 0 Å². The summed E-state index contributed by atoms with van der Waals surface area (Å²) in [7, 11) is -3.96. The second-order valence-electron chi connectivity index (χ2n) is 6.09. The van der Waals surface area contributed by atoms with Gasteiger partial charge in [-0.1, -0.05) is 12.1 Å². The van der Waals surface area contributed by atoms with Gasteiger partial charge in [-0.05, 0) is 38.3 Å². The monoisotopic (exact) mass is 364 g/mol. The molecule has 0 bridgehead atoms. The fourth-order valence-corrected chi connectivity index (χ4v) is 3.93. The van der Waals surface area contributed by atoms with Gasteiger partial charge in [0.15, 0.2) is 0 Å². The molecule has 0 atom stereocenters. The molecule has 3 rings (SSSR count). The zero-order valence-electron chi connectivity index (χ0n) is 14.1. The zero-order chi connectivity index (χ0) is 17.9. The third kappa shape index (κ3) is 4.32. The Hall–Kier alpha value is -2.06. The van der Waals surface area contributed by atoms with Crippen molar-refractivity contribution in [1.29, 1.82) is 0 Å². The molecule has 0 radical (unpaired) electrons. The zero-order valence-corrected chi connectivity index (χ0v) is 14.9. The van der Waals surface area contributed by atoms with Crippen molar-refractivity contribution in [2.45, 2.75) is 37.6 Å². The van der Waals surface area contributed by atoms with E-state index < -0.39 is 15.8 Å². The normalized spacial score (nSPS) is 15.4. The Labute approximate surface area is 147 Å². The molecule has 0 spiro atoms. The van der Waals surface area contributed by atoms with Crippen molar-refractivity contribution in [2.75, 3.05) is 18.0 Å². The molecule has 0 amide bonds. The Morgan fingerprint density at radius 3 is 2.60 bits per heavy atom. The minimum Gasteiger partial charge on any atom is -0.357 e. The fraction of sp³-hybridized carbons (Fsp3) is 0.412. The van der Waals surface area contributed by atoms with Gasteiger partial charge in [0, 0.05) is 24.8 Å². The number of rotatable bonds is 5. The SMILES string of the molecule is Cc1cc(N2CCCCC2)nc(CNS(=O)(=O)c2ccccc2F)n1. The fourth-order valence-electron chi connectivity index (χ4n) is 2.88. The molecule has 1 aliphatic rings. The standard InChI is InChI=1S/C17H21FN4O2S/c1-13-11-17(22-9-5-2-6-10-22)21-16(20-13)12-19-25(23,24)15-8-4-3-7-14(15)18/h3-4,7-8,11,19H,2,5-6,9-10,12H2,1H3. The Balaban J connectivity index is 1.77. The second kappa shape index (κ2) is 7.45. The summed E-state index contributed by atoms with van der Waals surface area (Å²) in [5.41, 5.74) is 0.774. The maximum Gasteiger partial charge on any atom is 0.243 e. The first-order chi connectivity index (χ1) is 12.0. The molecule has 0 unspecified atom stereocenters. The number of nitrogens with zero attached hydrogens (tertiary/aromatic N) is 3. The van der Waals surface area contributed by atoms with Crippen LogP contribution in [0.3, 0.4) is 0 Å². The van der Waals surface area contributed by atoms with Crippen LogP contribution in [0.5, 0.6) is 0 Å². The maximum atomic E-state index is 13.7. The molecule has 1 aromatic heterocycles. The van der Waals surface area contributed by atoms with E-state index in [-0.39, 0.29) is 11.4 Å². The molecule has 0 aliphatic carbocycles. The van der Waals surface area contributed by atoms with E-state index in [0.29, 0.717) is 5.82 Å². The number of piperidine rings is 1. The average molecular weight is 364 g/mol. The van der Waals surface area contributed by atoms with Crippen LogP contribution in [0, 0.1) is 12.7 Å². The van der Waals surface area contributed by atoms with Gasteiger partial charge in [0.05, 0.1) is 6.54 Å². The van der Waals surface area contributed by atoms with Crippen molar-refractivity contribution in [2.24, 2.45) is 0 Å². The maximum absolute atomic E-state index is 13.7. The van der Waals surface area contributed by atoms with Crippen LogP contribution >= 0.6 is 0 Å². The Bertz CT molecular complexity index is 851. The van der Waals surface area contributed by atoms with Gasteiger partial charge in [0.2, 0.25) is 10.0 Å². The van der Waals surface area contributed by atoms with Gasteiger partial charge in [0.25, 0.3) is 0 Å². The number of aromatic nitrogens is 2. The summed E-state index contributed by atoms with van der Waals surface area (Å²) < 4.78 is 40.7. The molecule has 8 heteroatoms. The van der Waals surface area contributed by atoms with Gasteiger partial charge in [-0.3, -0.25) is 0 Å². The van der Waals surface area contributed by atoms with Crippen molar-refractivity contribution in [3.05, 3.63) is 47.7 Å². The molecule has 1 saturated heterocycles. The number of benzene rings is 1. The highest BCUT2D eigenvalue weighted by atomic mass is 32.2. The lowest BCUT2D eigenvalue weighted by Gasteiger charge is -2.28. The van der Waals surface area contributed by atoms with Crippen LogP contribution in [0.15, 0.2) is 35.2 Å². The van der Waals surface area contributed by atoms with Crippen LogP contribution in [0.1, 0.15) is 30.8 Å². The van der Waals surface area contributed by atoms with Crippen LogP contribution < -0.4 is 9.62 Å². The second-order valence-corrected chi connectivity index (χ2v) is 7.82. The van der Waals surface area contributed by atoms with E-state index in [9.17, 15) is 12.8 Å². The van der Waals surface area contributed by atoms with Gasteiger partial charge >= 0.3 is 0 Å². The molecule has 1 aromatic carbocycles. The van der Waals surface area contributed by atoms with E-state index in [0.717, 1.165) is 43.5 Å². The highest BCUT2D eigenvalue weighted by molar-refractivity contribution is 7.89. The third-order valence-corrected chi connectivity index (χ3v) is 5.55. The highest BCUT2D eigenvalue weighted by Crippen LogP contribution is 2.19. The molecule has 1 N–H and O–H groups in total. The van der Waals surface area contributed by atoms with Crippen LogP contribution in [-0.4, -0.2) is 31.5 Å². The summed E-state index contributed by atoms with van der Waals surface area (Å²) in [6.07, 6.45) is 3.46. The Morgan fingerprint density at radius 2 is 1.88 bits per heavy atom. The van der Waals surface area contributed by atoms with Crippen LogP contribution in [-0.2, 0) is 16.6 Å². The molecular formula is C17H21FN4O2S.